The third-order valence-electron chi connectivity index (χ3n) is 5.47. The number of hydrogen-bond acceptors (Lipinski definition) is 4. The van der Waals surface area contributed by atoms with Gasteiger partial charge in [0.25, 0.3) is 0 Å². The van der Waals surface area contributed by atoms with E-state index in [0.717, 1.165) is 54.8 Å². The second-order valence-corrected chi connectivity index (χ2v) is 7.23. The first kappa shape index (κ1) is 15.6. The van der Waals surface area contributed by atoms with E-state index in [1.165, 1.54) is 23.1 Å². The molecule has 0 unspecified atom stereocenters. The predicted molar refractivity (Wildman–Crippen MR) is 101 cm³/mol. The molecule has 0 radical (unpaired) electrons. The average molecular weight is 347 g/mol. The van der Waals surface area contributed by atoms with E-state index < -0.39 is 0 Å². The summed E-state index contributed by atoms with van der Waals surface area (Å²) in [5.74, 6) is 0.963. The highest BCUT2D eigenvalue weighted by molar-refractivity contribution is 5.82. The van der Waals surface area contributed by atoms with Crippen LogP contribution >= 0.6 is 0 Å². The summed E-state index contributed by atoms with van der Waals surface area (Å²) in [5, 5.41) is 1.07. The first-order chi connectivity index (χ1) is 12.8. The molecule has 0 bridgehead atoms. The summed E-state index contributed by atoms with van der Waals surface area (Å²) in [6, 6.07) is 14.1. The van der Waals surface area contributed by atoms with Crippen LogP contribution < -0.4 is 10.4 Å². The van der Waals surface area contributed by atoms with E-state index in [-0.39, 0.29) is 5.63 Å². The minimum Gasteiger partial charge on any atom is -0.492 e. The van der Waals surface area contributed by atoms with Crippen molar-refractivity contribution in [1.29, 1.82) is 0 Å². The van der Waals surface area contributed by atoms with Gasteiger partial charge in [-0.2, -0.15) is 0 Å². The zero-order valence-electron chi connectivity index (χ0n) is 14.7. The summed E-state index contributed by atoms with van der Waals surface area (Å²) in [4.78, 5) is 14.4. The van der Waals surface area contributed by atoms with Gasteiger partial charge in [0.15, 0.2) is 0 Å². The molecule has 0 saturated carbocycles. The maximum Gasteiger partial charge on any atom is 0.336 e. The molecule has 1 aliphatic heterocycles. The third-order valence-corrected chi connectivity index (χ3v) is 5.47. The van der Waals surface area contributed by atoms with Gasteiger partial charge in [-0.05, 0) is 54.2 Å². The van der Waals surface area contributed by atoms with E-state index in [0.29, 0.717) is 6.61 Å². The molecular formula is C22H21NO3. The standard InChI is InChI=1S/C22H21NO3/c24-22-12-18(19-10-15-5-3-6-16(15)11-21(19)26-22)14-23-8-9-25-20-7-2-1-4-17(20)13-23/h1-2,4,7,10-12H,3,5-6,8-9,13-14H2. The lowest BCUT2D eigenvalue weighted by atomic mass is 10.0. The number of ether oxygens (including phenoxy) is 1. The van der Waals surface area contributed by atoms with E-state index >= 15 is 0 Å². The Labute approximate surface area is 152 Å². The molecule has 5 rings (SSSR count). The Morgan fingerprint density at radius 1 is 1.00 bits per heavy atom. The van der Waals surface area contributed by atoms with E-state index in [1.807, 2.05) is 18.2 Å². The average Bonchev–Trinajstić information content (AvgIpc) is 2.98. The summed E-state index contributed by atoms with van der Waals surface area (Å²) < 4.78 is 11.4. The van der Waals surface area contributed by atoms with Crippen molar-refractivity contribution in [1.82, 2.24) is 4.90 Å². The molecular weight excluding hydrogens is 326 g/mol. The van der Waals surface area contributed by atoms with Gasteiger partial charge in [-0.3, -0.25) is 4.90 Å². The molecule has 4 nitrogen and oxygen atoms in total. The Bertz CT molecular complexity index is 1040. The molecule has 0 saturated heterocycles. The Morgan fingerprint density at radius 2 is 1.85 bits per heavy atom. The molecule has 1 aliphatic carbocycles. The predicted octanol–water partition coefficient (Wildman–Crippen LogP) is 3.68. The van der Waals surface area contributed by atoms with Crippen LogP contribution in [-0.4, -0.2) is 18.1 Å². The molecule has 26 heavy (non-hydrogen) atoms. The van der Waals surface area contributed by atoms with Crippen molar-refractivity contribution in [3.63, 3.8) is 0 Å². The second kappa shape index (κ2) is 6.29. The zero-order valence-corrected chi connectivity index (χ0v) is 14.7. The molecule has 0 fully saturated rings. The number of aryl methyl sites for hydroxylation is 2. The molecule has 4 heteroatoms. The van der Waals surface area contributed by atoms with Gasteiger partial charge >= 0.3 is 5.63 Å². The van der Waals surface area contributed by atoms with Crippen molar-refractivity contribution in [2.75, 3.05) is 13.2 Å². The minimum atomic E-state index is -0.267. The summed E-state index contributed by atoms with van der Waals surface area (Å²) in [6.07, 6.45) is 3.39. The van der Waals surface area contributed by atoms with E-state index in [4.69, 9.17) is 9.15 Å². The summed E-state index contributed by atoms with van der Waals surface area (Å²) in [7, 11) is 0. The highest BCUT2D eigenvalue weighted by Gasteiger charge is 2.19. The lowest BCUT2D eigenvalue weighted by molar-refractivity contribution is 0.220. The van der Waals surface area contributed by atoms with Gasteiger partial charge in [-0.25, -0.2) is 4.79 Å². The molecule has 1 aromatic heterocycles. The Hall–Kier alpha value is -2.59. The first-order valence-electron chi connectivity index (χ1n) is 9.28. The van der Waals surface area contributed by atoms with Crippen LogP contribution in [0.5, 0.6) is 5.75 Å². The van der Waals surface area contributed by atoms with Crippen molar-refractivity contribution >= 4 is 11.0 Å². The van der Waals surface area contributed by atoms with Gasteiger partial charge in [0, 0.05) is 36.7 Å². The molecule has 3 aromatic rings. The lowest BCUT2D eigenvalue weighted by Crippen LogP contribution is -2.25. The van der Waals surface area contributed by atoms with Gasteiger partial charge < -0.3 is 9.15 Å². The smallest absolute Gasteiger partial charge is 0.336 e. The quantitative estimate of drug-likeness (QED) is 0.663. The summed E-state index contributed by atoms with van der Waals surface area (Å²) in [5.41, 5.74) is 5.42. The topological polar surface area (TPSA) is 42.7 Å². The number of rotatable bonds is 2. The lowest BCUT2D eigenvalue weighted by Gasteiger charge is -2.20. The van der Waals surface area contributed by atoms with Crippen LogP contribution in [0, 0.1) is 0 Å². The fraction of sp³-hybridized carbons (Fsp3) is 0.318. The van der Waals surface area contributed by atoms with Crippen LogP contribution in [-0.2, 0) is 25.9 Å². The van der Waals surface area contributed by atoms with Gasteiger partial charge in [-0.1, -0.05) is 18.2 Å². The highest BCUT2D eigenvalue weighted by atomic mass is 16.5. The van der Waals surface area contributed by atoms with Crippen molar-refractivity contribution in [2.24, 2.45) is 0 Å². The molecule has 0 atom stereocenters. The van der Waals surface area contributed by atoms with Gasteiger partial charge in [0.1, 0.15) is 17.9 Å². The maximum absolute atomic E-state index is 12.1. The third kappa shape index (κ3) is 2.80. The van der Waals surface area contributed by atoms with Crippen LogP contribution in [0.3, 0.4) is 0 Å². The van der Waals surface area contributed by atoms with E-state index in [9.17, 15) is 4.79 Å². The van der Waals surface area contributed by atoms with E-state index in [1.54, 1.807) is 6.07 Å². The largest absolute Gasteiger partial charge is 0.492 e. The van der Waals surface area contributed by atoms with Crippen LogP contribution in [0.4, 0.5) is 0 Å². The van der Waals surface area contributed by atoms with E-state index in [2.05, 4.69) is 23.1 Å². The fourth-order valence-electron chi connectivity index (χ4n) is 4.18. The van der Waals surface area contributed by atoms with Crippen LogP contribution in [0.25, 0.3) is 11.0 Å². The number of nitrogens with zero attached hydrogens (tertiary/aromatic N) is 1. The SMILES string of the molecule is O=c1cc(CN2CCOc3ccccc3C2)c2cc3c(cc2o1)CCC3. The number of benzene rings is 2. The van der Waals surface area contributed by atoms with Gasteiger partial charge in [0.05, 0.1) is 0 Å². The number of fused-ring (bicyclic) bond motifs is 3. The van der Waals surface area contributed by atoms with Crippen molar-refractivity contribution in [3.8, 4) is 5.75 Å². The fourth-order valence-corrected chi connectivity index (χ4v) is 4.18. The highest BCUT2D eigenvalue weighted by Crippen LogP contribution is 2.30. The van der Waals surface area contributed by atoms with Crippen LogP contribution in [0.2, 0.25) is 0 Å². The molecule has 2 aromatic carbocycles. The molecule has 0 spiro atoms. The first-order valence-corrected chi connectivity index (χ1v) is 9.28. The molecule has 132 valence electrons. The Morgan fingerprint density at radius 3 is 2.77 bits per heavy atom. The zero-order chi connectivity index (χ0) is 17.5. The summed E-state index contributed by atoms with van der Waals surface area (Å²) >= 11 is 0. The normalized spacial score (nSPS) is 16.8. The Balaban J connectivity index is 1.52. The summed E-state index contributed by atoms with van der Waals surface area (Å²) in [6.45, 7) is 3.04. The van der Waals surface area contributed by atoms with Crippen molar-refractivity contribution in [2.45, 2.75) is 32.4 Å². The van der Waals surface area contributed by atoms with Gasteiger partial charge in [0.2, 0.25) is 0 Å². The maximum atomic E-state index is 12.1. The van der Waals surface area contributed by atoms with Crippen LogP contribution in [0.1, 0.15) is 28.7 Å². The number of para-hydroxylation sites is 1. The van der Waals surface area contributed by atoms with Crippen LogP contribution in [0.15, 0.2) is 51.7 Å². The monoisotopic (exact) mass is 347 g/mol. The molecule has 0 amide bonds. The van der Waals surface area contributed by atoms with Crippen molar-refractivity contribution in [3.05, 3.63) is 75.1 Å². The minimum absolute atomic E-state index is 0.267. The number of hydrogen-bond donors (Lipinski definition) is 0. The molecule has 0 N–H and O–H groups in total. The molecule has 2 aliphatic rings. The molecule has 2 heterocycles. The van der Waals surface area contributed by atoms with Gasteiger partial charge in [-0.15, -0.1) is 0 Å². The Kier molecular flexibility index (Phi) is 3.79. The van der Waals surface area contributed by atoms with Crippen molar-refractivity contribution < 1.29 is 9.15 Å². The second-order valence-electron chi connectivity index (χ2n) is 7.23.